The van der Waals surface area contributed by atoms with E-state index in [9.17, 15) is 4.39 Å². The Balaban J connectivity index is 1.42. The molecule has 7 nitrogen and oxygen atoms in total. The first-order valence-electron chi connectivity index (χ1n) is 10.8. The molecule has 5 rings (SSSR count). The zero-order valence-electron chi connectivity index (χ0n) is 17.0. The molecule has 1 atom stereocenters. The Labute approximate surface area is 175 Å². The minimum atomic E-state index is -0.156. The van der Waals surface area contributed by atoms with Gasteiger partial charge < -0.3 is 9.80 Å². The highest BCUT2D eigenvalue weighted by molar-refractivity contribution is 5.47. The first-order valence-corrected chi connectivity index (χ1v) is 10.8. The SMILES string of the molecule is Fc1ccccc1N1CC[NH+]([C@@H](c2ccncc2)c2nnnn2C2CCCC2)CC1. The number of para-hydroxylation sites is 1. The van der Waals surface area contributed by atoms with E-state index in [4.69, 9.17) is 0 Å². The number of tetrazole rings is 1. The molecule has 156 valence electrons. The number of nitrogens with one attached hydrogen (secondary N) is 1. The van der Waals surface area contributed by atoms with Crippen LogP contribution in [0.2, 0.25) is 0 Å². The van der Waals surface area contributed by atoms with Crippen molar-refractivity contribution < 1.29 is 9.29 Å². The van der Waals surface area contributed by atoms with Gasteiger partial charge in [-0.2, -0.15) is 0 Å². The van der Waals surface area contributed by atoms with Crippen molar-refractivity contribution in [3.63, 3.8) is 0 Å². The van der Waals surface area contributed by atoms with Gasteiger partial charge in [0.1, 0.15) is 5.82 Å². The molecule has 2 aliphatic rings. The van der Waals surface area contributed by atoms with Gasteiger partial charge in [-0.1, -0.05) is 25.0 Å². The third-order valence-electron chi connectivity index (χ3n) is 6.49. The molecule has 1 aliphatic carbocycles. The highest BCUT2D eigenvalue weighted by Gasteiger charge is 2.36. The van der Waals surface area contributed by atoms with Gasteiger partial charge in [0.15, 0.2) is 6.04 Å². The van der Waals surface area contributed by atoms with Gasteiger partial charge in [-0.05, 0) is 47.5 Å². The molecule has 2 aromatic heterocycles. The highest BCUT2D eigenvalue weighted by atomic mass is 19.1. The van der Waals surface area contributed by atoms with Crippen molar-refractivity contribution in [2.75, 3.05) is 31.1 Å². The summed E-state index contributed by atoms with van der Waals surface area (Å²) in [5.41, 5.74) is 1.86. The number of nitrogens with zero attached hydrogens (tertiary/aromatic N) is 6. The summed E-state index contributed by atoms with van der Waals surface area (Å²) < 4.78 is 16.3. The number of hydrogen-bond acceptors (Lipinski definition) is 5. The second-order valence-corrected chi connectivity index (χ2v) is 8.23. The lowest BCUT2D eigenvalue weighted by Gasteiger charge is -2.37. The Morgan fingerprint density at radius 2 is 1.73 bits per heavy atom. The minimum Gasteiger partial charge on any atom is -0.358 e. The van der Waals surface area contributed by atoms with E-state index in [0.29, 0.717) is 11.7 Å². The monoisotopic (exact) mass is 408 g/mol. The van der Waals surface area contributed by atoms with Crippen LogP contribution in [-0.4, -0.2) is 51.4 Å². The number of halogens is 1. The van der Waals surface area contributed by atoms with E-state index in [2.05, 4.69) is 42.2 Å². The fourth-order valence-corrected chi connectivity index (χ4v) is 4.95. The highest BCUT2D eigenvalue weighted by Crippen LogP contribution is 2.31. The largest absolute Gasteiger partial charge is 0.358 e. The summed E-state index contributed by atoms with van der Waals surface area (Å²) in [7, 11) is 0. The van der Waals surface area contributed by atoms with Crippen LogP contribution in [-0.2, 0) is 0 Å². The van der Waals surface area contributed by atoms with Crippen LogP contribution in [0, 0.1) is 5.82 Å². The number of pyridine rings is 1. The fraction of sp³-hybridized carbons (Fsp3) is 0.455. The first kappa shape index (κ1) is 19.1. The number of rotatable bonds is 5. The van der Waals surface area contributed by atoms with Crippen molar-refractivity contribution in [1.29, 1.82) is 0 Å². The predicted octanol–water partition coefficient (Wildman–Crippen LogP) is 1.82. The van der Waals surface area contributed by atoms with Crippen molar-refractivity contribution in [3.05, 3.63) is 66.0 Å². The maximum absolute atomic E-state index is 14.3. The maximum atomic E-state index is 14.3. The summed E-state index contributed by atoms with van der Waals surface area (Å²) >= 11 is 0. The number of anilines is 1. The number of aromatic nitrogens is 5. The zero-order chi connectivity index (χ0) is 20.3. The topological polar surface area (TPSA) is 64.2 Å². The van der Waals surface area contributed by atoms with Crippen LogP contribution in [0.5, 0.6) is 0 Å². The van der Waals surface area contributed by atoms with Crippen LogP contribution in [0.1, 0.15) is 49.2 Å². The van der Waals surface area contributed by atoms with E-state index in [-0.39, 0.29) is 11.9 Å². The third-order valence-corrected chi connectivity index (χ3v) is 6.49. The van der Waals surface area contributed by atoms with Gasteiger partial charge in [-0.25, -0.2) is 9.07 Å². The normalized spacial score (nSPS) is 19.3. The Morgan fingerprint density at radius 1 is 1.00 bits per heavy atom. The van der Waals surface area contributed by atoms with Gasteiger partial charge in [0, 0.05) is 18.0 Å². The zero-order valence-corrected chi connectivity index (χ0v) is 17.0. The van der Waals surface area contributed by atoms with Crippen LogP contribution >= 0.6 is 0 Å². The molecule has 0 amide bonds. The molecule has 1 saturated carbocycles. The molecule has 1 aromatic carbocycles. The predicted molar refractivity (Wildman–Crippen MR) is 111 cm³/mol. The minimum absolute atomic E-state index is 0.0476. The molecule has 0 radical (unpaired) electrons. The van der Waals surface area contributed by atoms with Gasteiger partial charge in [0.25, 0.3) is 0 Å². The van der Waals surface area contributed by atoms with Gasteiger partial charge in [-0.3, -0.25) is 4.98 Å². The van der Waals surface area contributed by atoms with Crippen molar-refractivity contribution in [1.82, 2.24) is 25.2 Å². The molecule has 0 unspecified atom stereocenters. The molecule has 1 saturated heterocycles. The third kappa shape index (κ3) is 3.67. The number of piperazine rings is 1. The molecule has 0 bridgehead atoms. The molecular weight excluding hydrogens is 381 g/mol. The Hall–Kier alpha value is -2.87. The molecule has 8 heteroatoms. The Kier molecular flexibility index (Phi) is 5.40. The fourth-order valence-electron chi connectivity index (χ4n) is 4.95. The summed E-state index contributed by atoms with van der Waals surface area (Å²) in [4.78, 5) is 7.74. The number of hydrogen-bond donors (Lipinski definition) is 1. The number of benzene rings is 1. The van der Waals surface area contributed by atoms with E-state index in [1.54, 1.807) is 6.07 Å². The Morgan fingerprint density at radius 3 is 2.47 bits per heavy atom. The van der Waals surface area contributed by atoms with E-state index in [1.807, 2.05) is 24.5 Å². The van der Waals surface area contributed by atoms with E-state index < -0.39 is 0 Å². The van der Waals surface area contributed by atoms with Crippen molar-refractivity contribution in [2.45, 2.75) is 37.8 Å². The maximum Gasteiger partial charge on any atom is 0.214 e. The van der Waals surface area contributed by atoms with Crippen LogP contribution in [0.3, 0.4) is 0 Å². The Bertz CT molecular complexity index is 962. The van der Waals surface area contributed by atoms with Crippen LogP contribution in [0.25, 0.3) is 0 Å². The lowest BCUT2D eigenvalue weighted by molar-refractivity contribution is -0.927. The molecule has 3 aromatic rings. The van der Waals surface area contributed by atoms with Crippen LogP contribution in [0.15, 0.2) is 48.8 Å². The van der Waals surface area contributed by atoms with Crippen molar-refractivity contribution in [3.8, 4) is 0 Å². The lowest BCUT2D eigenvalue weighted by Crippen LogP contribution is -3.15. The lowest BCUT2D eigenvalue weighted by atomic mass is 10.0. The van der Waals surface area contributed by atoms with Crippen molar-refractivity contribution >= 4 is 5.69 Å². The molecule has 0 spiro atoms. The quantitative estimate of drug-likeness (QED) is 0.698. The smallest absolute Gasteiger partial charge is 0.214 e. The molecule has 2 fully saturated rings. The van der Waals surface area contributed by atoms with Crippen molar-refractivity contribution in [2.24, 2.45) is 0 Å². The average Bonchev–Trinajstić information content (AvgIpc) is 3.48. The molecule has 1 N–H and O–H groups in total. The van der Waals surface area contributed by atoms with Crippen LogP contribution < -0.4 is 9.80 Å². The van der Waals surface area contributed by atoms with Crippen LogP contribution in [0.4, 0.5) is 10.1 Å². The average molecular weight is 409 g/mol. The van der Waals surface area contributed by atoms with Gasteiger partial charge in [0.05, 0.1) is 37.9 Å². The number of quaternary nitrogens is 1. The van der Waals surface area contributed by atoms with E-state index in [1.165, 1.54) is 29.4 Å². The van der Waals surface area contributed by atoms with Gasteiger partial charge in [0.2, 0.25) is 5.82 Å². The second kappa shape index (κ2) is 8.47. The second-order valence-electron chi connectivity index (χ2n) is 8.23. The van der Waals surface area contributed by atoms with E-state index >= 15 is 0 Å². The van der Waals surface area contributed by atoms with Gasteiger partial charge >= 0.3 is 0 Å². The first-order chi connectivity index (χ1) is 14.8. The summed E-state index contributed by atoms with van der Waals surface area (Å²) in [6.07, 6.45) is 8.41. The summed E-state index contributed by atoms with van der Waals surface area (Å²) in [6.45, 7) is 3.36. The van der Waals surface area contributed by atoms with Gasteiger partial charge in [-0.15, -0.1) is 5.10 Å². The van der Waals surface area contributed by atoms with E-state index in [0.717, 1.165) is 44.8 Å². The summed E-state index contributed by atoms with van der Waals surface area (Å²) in [5, 5.41) is 12.9. The molecule has 30 heavy (non-hydrogen) atoms. The molecule has 1 aliphatic heterocycles. The standard InChI is InChI=1S/C22H26FN7/c23-19-7-3-4-8-20(19)28-13-15-29(16-14-28)21(17-9-11-24-12-10-17)22-25-26-27-30(22)18-5-1-2-6-18/h3-4,7-12,18,21H,1-2,5-6,13-16H2/p+1/t21-/m0/s1. The molecule has 3 heterocycles. The summed E-state index contributed by atoms with van der Waals surface area (Å²) in [5.74, 6) is 0.777. The summed E-state index contributed by atoms with van der Waals surface area (Å²) in [6, 6.07) is 11.6. The molecular formula is C22H27FN7+.